The van der Waals surface area contributed by atoms with Gasteiger partial charge in [0.1, 0.15) is 5.82 Å². The van der Waals surface area contributed by atoms with Gasteiger partial charge in [0.2, 0.25) is 15.9 Å². The molecule has 2 aromatic carbocycles. The number of hydrogen-bond acceptors (Lipinski definition) is 5. The van der Waals surface area contributed by atoms with Crippen LogP contribution in [0.2, 0.25) is 5.02 Å². The van der Waals surface area contributed by atoms with E-state index in [0.29, 0.717) is 16.5 Å². The number of rotatable bonds is 6. The topological polar surface area (TPSA) is 79.4 Å². The SMILES string of the molecule is CN(c1ccc(-c2csc(NC(=O)/C=C/c3c(F)cccc3Cl)n2)cc1)S(C)(=O)=O. The molecule has 0 aliphatic carbocycles. The molecule has 1 N–H and O–H groups in total. The first-order valence-corrected chi connectivity index (χ1v) is 11.7. The van der Waals surface area contributed by atoms with Crippen molar-refractivity contribution in [3.05, 3.63) is 70.3 Å². The lowest BCUT2D eigenvalue weighted by Crippen LogP contribution is -2.24. The van der Waals surface area contributed by atoms with Gasteiger partial charge in [-0.25, -0.2) is 17.8 Å². The number of carbonyl (C=O) groups excluding carboxylic acids is 1. The van der Waals surface area contributed by atoms with Crippen molar-refractivity contribution in [3.63, 3.8) is 0 Å². The molecule has 0 radical (unpaired) electrons. The van der Waals surface area contributed by atoms with Crippen molar-refractivity contribution in [3.8, 4) is 11.3 Å². The summed E-state index contributed by atoms with van der Waals surface area (Å²) in [4.78, 5) is 16.5. The van der Waals surface area contributed by atoms with Crippen LogP contribution in [-0.4, -0.2) is 32.6 Å². The summed E-state index contributed by atoms with van der Waals surface area (Å²) in [5.74, 6) is -0.992. The first-order chi connectivity index (χ1) is 14.1. The van der Waals surface area contributed by atoms with Crippen LogP contribution < -0.4 is 9.62 Å². The van der Waals surface area contributed by atoms with Crippen molar-refractivity contribution in [1.82, 2.24) is 4.98 Å². The van der Waals surface area contributed by atoms with Crippen molar-refractivity contribution >= 4 is 55.8 Å². The zero-order chi connectivity index (χ0) is 21.9. The molecule has 0 fully saturated rings. The van der Waals surface area contributed by atoms with E-state index in [4.69, 9.17) is 11.6 Å². The van der Waals surface area contributed by atoms with Crippen LogP contribution in [0.25, 0.3) is 17.3 Å². The van der Waals surface area contributed by atoms with Crippen molar-refractivity contribution < 1.29 is 17.6 Å². The zero-order valence-electron chi connectivity index (χ0n) is 16.0. The van der Waals surface area contributed by atoms with Gasteiger partial charge in [-0.05, 0) is 30.3 Å². The smallest absolute Gasteiger partial charge is 0.250 e. The molecule has 3 aromatic rings. The summed E-state index contributed by atoms with van der Waals surface area (Å²) >= 11 is 7.16. The Hall–Kier alpha value is -2.75. The van der Waals surface area contributed by atoms with Gasteiger partial charge in [0.05, 0.1) is 22.7 Å². The van der Waals surface area contributed by atoms with E-state index >= 15 is 0 Å². The first kappa shape index (κ1) is 21.9. The van der Waals surface area contributed by atoms with Crippen molar-refractivity contribution in [1.29, 1.82) is 0 Å². The van der Waals surface area contributed by atoms with Crippen LogP contribution in [0, 0.1) is 5.82 Å². The predicted molar refractivity (Wildman–Crippen MR) is 120 cm³/mol. The second-order valence-corrected chi connectivity index (χ2v) is 9.55. The molecule has 3 rings (SSSR count). The van der Waals surface area contributed by atoms with Gasteiger partial charge in [-0.3, -0.25) is 14.4 Å². The number of anilines is 2. The van der Waals surface area contributed by atoms with E-state index < -0.39 is 21.7 Å². The summed E-state index contributed by atoms with van der Waals surface area (Å²) in [6.07, 6.45) is 3.62. The molecule has 0 atom stereocenters. The predicted octanol–water partition coefficient (Wildman–Crippen LogP) is 4.65. The quantitative estimate of drug-likeness (QED) is 0.537. The summed E-state index contributed by atoms with van der Waals surface area (Å²) in [6, 6.07) is 11.1. The van der Waals surface area contributed by atoms with E-state index in [-0.39, 0.29) is 10.6 Å². The van der Waals surface area contributed by atoms with E-state index in [1.807, 2.05) is 0 Å². The Morgan fingerprint density at radius 3 is 2.57 bits per heavy atom. The van der Waals surface area contributed by atoms with Crippen molar-refractivity contribution in [2.75, 3.05) is 22.9 Å². The van der Waals surface area contributed by atoms with E-state index in [9.17, 15) is 17.6 Å². The number of benzene rings is 2. The number of nitrogens with one attached hydrogen (secondary N) is 1. The lowest BCUT2D eigenvalue weighted by atomic mass is 10.1. The van der Waals surface area contributed by atoms with Gasteiger partial charge >= 0.3 is 0 Å². The third kappa shape index (κ3) is 5.24. The van der Waals surface area contributed by atoms with Crippen LogP contribution in [0.4, 0.5) is 15.2 Å². The number of carbonyl (C=O) groups is 1. The molecule has 0 saturated carbocycles. The van der Waals surface area contributed by atoms with Gasteiger partial charge < -0.3 is 0 Å². The monoisotopic (exact) mass is 465 g/mol. The molecule has 0 unspecified atom stereocenters. The fraction of sp³-hybridized carbons (Fsp3) is 0.100. The maximum atomic E-state index is 13.7. The Bertz CT molecular complexity index is 1190. The summed E-state index contributed by atoms with van der Waals surface area (Å²) in [5.41, 5.74) is 2.06. The van der Waals surface area contributed by atoms with Crippen molar-refractivity contribution in [2.45, 2.75) is 0 Å². The molecule has 10 heteroatoms. The Morgan fingerprint density at radius 2 is 1.93 bits per heavy atom. The average molecular weight is 466 g/mol. The second-order valence-electron chi connectivity index (χ2n) is 6.27. The zero-order valence-corrected chi connectivity index (χ0v) is 18.4. The maximum absolute atomic E-state index is 13.7. The van der Waals surface area contributed by atoms with E-state index in [0.717, 1.165) is 11.8 Å². The van der Waals surface area contributed by atoms with Gasteiger partial charge in [0.25, 0.3) is 0 Å². The third-order valence-electron chi connectivity index (χ3n) is 4.16. The Kier molecular flexibility index (Phi) is 6.55. The number of nitrogens with zero attached hydrogens (tertiary/aromatic N) is 2. The number of amides is 1. The number of thiazole rings is 1. The van der Waals surface area contributed by atoms with Crippen LogP contribution in [-0.2, 0) is 14.8 Å². The van der Waals surface area contributed by atoms with Crippen molar-refractivity contribution in [2.24, 2.45) is 0 Å². The minimum absolute atomic E-state index is 0.133. The van der Waals surface area contributed by atoms with Crippen LogP contribution in [0.1, 0.15) is 5.56 Å². The van der Waals surface area contributed by atoms with Gasteiger partial charge in [-0.1, -0.05) is 29.8 Å². The normalized spacial score (nSPS) is 11.6. The van der Waals surface area contributed by atoms with E-state index in [1.165, 1.54) is 53.0 Å². The molecule has 1 aromatic heterocycles. The molecule has 1 heterocycles. The van der Waals surface area contributed by atoms with Gasteiger partial charge in [-0.2, -0.15) is 0 Å². The highest BCUT2D eigenvalue weighted by Crippen LogP contribution is 2.27. The highest BCUT2D eigenvalue weighted by Gasteiger charge is 2.13. The number of hydrogen-bond donors (Lipinski definition) is 1. The molecule has 0 bridgehead atoms. The molecule has 0 aliphatic heterocycles. The van der Waals surface area contributed by atoms with E-state index in [2.05, 4.69) is 10.3 Å². The van der Waals surface area contributed by atoms with E-state index in [1.54, 1.807) is 29.6 Å². The average Bonchev–Trinajstić information content (AvgIpc) is 3.15. The largest absolute Gasteiger partial charge is 0.298 e. The molecule has 6 nitrogen and oxygen atoms in total. The van der Waals surface area contributed by atoms with Gasteiger partial charge in [0.15, 0.2) is 5.13 Å². The summed E-state index contributed by atoms with van der Waals surface area (Å²) in [7, 11) is -1.86. The Labute approximate surface area is 182 Å². The molecular weight excluding hydrogens is 449 g/mol. The maximum Gasteiger partial charge on any atom is 0.250 e. The molecule has 156 valence electrons. The van der Waals surface area contributed by atoms with Gasteiger partial charge in [0, 0.05) is 29.6 Å². The molecule has 0 aliphatic rings. The number of halogens is 2. The van der Waals surface area contributed by atoms with Crippen LogP contribution >= 0.6 is 22.9 Å². The Morgan fingerprint density at radius 1 is 1.23 bits per heavy atom. The minimum atomic E-state index is -3.34. The lowest BCUT2D eigenvalue weighted by Gasteiger charge is -2.16. The molecule has 0 saturated heterocycles. The Balaban J connectivity index is 1.69. The molecule has 30 heavy (non-hydrogen) atoms. The number of aromatic nitrogens is 1. The fourth-order valence-electron chi connectivity index (χ4n) is 2.47. The summed E-state index contributed by atoms with van der Waals surface area (Å²) < 4.78 is 38.2. The minimum Gasteiger partial charge on any atom is -0.298 e. The second kappa shape index (κ2) is 8.95. The van der Waals surface area contributed by atoms with Crippen LogP contribution in [0.15, 0.2) is 53.9 Å². The standard InChI is InChI=1S/C20H17ClFN3O3S2/c1-25(30(2,27)28)14-8-6-13(7-9-14)18-12-29-20(23-18)24-19(26)11-10-15-16(21)4-3-5-17(15)22/h3-12H,1-2H3,(H,23,24,26)/b11-10+. The molecule has 0 spiro atoms. The van der Waals surface area contributed by atoms with Crippen LogP contribution in [0.3, 0.4) is 0 Å². The van der Waals surface area contributed by atoms with Gasteiger partial charge in [-0.15, -0.1) is 11.3 Å². The highest BCUT2D eigenvalue weighted by atomic mass is 35.5. The lowest BCUT2D eigenvalue weighted by molar-refractivity contribution is -0.111. The number of sulfonamides is 1. The fourth-order valence-corrected chi connectivity index (χ4v) is 3.93. The summed E-state index contributed by atoms with van der Waals surface area (Å²) in [6.45, 7) is 0. The highest BCUT2D eigenvalue weighted by molar-refractivity contribution is 7.92. The third-order valence-corrected chi connectivity index (χ3v) is 6.45. The van der Waals surface area contributed by atoms with Crippen LogP contribution in [0.5, 0.6) is 0 Å². The molecule has 1 amide bonds. The first-order valence-electron chi connectivity index (χ1n) is 8.58. The summed E-state index contributed by atoms with van der Waals surface area (Å²) in [5, 5.41) is 4.97. The molecular formula is C20H17ClFN3O3S2.